The van der Waals surface area contributed by atoms with Crippen LogP contribution in [0, 0.1) is 5.92 Å². The lowest BCUT2D eigenvalue weighted by atomic mass is 10.0. The summed E-state index contributed by atoms with van der Waals surface area (Å²) in [4.78, 5) is 0. The lowest BCUT2D eigenvalue weighted by Gasteiger charge is -2.25. The quantitative estimate of drug-likeness (QED) is 0.820. The van der Waals surface area contributed by atoms with E-state index in [1.807, 2.05) is 51.2 Å². The second-order valence-corrected chi connectivity index (χ2v) is 9.41. The monoisotopic (exact) mass is 364 g/mol. The third kappa shape index (κ3) is 5.37. The van der Waals surface area contributed by atoms with Gasteiger partial charge in [-0.1, -0.05) is 31.2 Å². The van der Waals surface area contributed by atoms with Gasteiger partial charge in [0.25, 0.3) is 0 Å². The van der Waals surface area contributed by atoms with E-state index < -0.39 is 11.0 Å². The first kappa shape index (κ1) is 19.6. The van der Waals surface area contributed by atoms with E-state index in [1.54, 1.807) is 11.8 Å². The maximum Gasteiger partial charge on any atom is 0.118 e. The molecule has 2 atom stereocenters. The molecule has 0 bridgehead atoms. The van der Waals surface area contributed by atoms with Crippen LogP contribution in [0.25, 0.3) is 0 Å². The fourth-order valence-corrected chi connectivity index (χ4v) is 3.26. The van der Waals surface area contributed by atoms with Crippen LogP contribution in [0.4, 0.5) is 0 Å². The molecule has 0 aliphatic carbocycles. The predicted molar refractivity (Wildman–Crippen MR) is 101 cm³/mol. The van der Waals surface area contributed by atoms with Crippen LogP contribution < -0.4 is 9.46 Å². The van der Waals surface area contributed by atoms with Gasteiger partial charge in [0.2, 0.25) is 0 Å². The van der Waals surface area contributed by atoms with Crippen LogP contribution in [0.5, 0.6) is 5.75 Å². The van der Waals surface area contributed by atoms with Gasteiger partial charge in [-0.2, -0.15) is 0 Å². The summed E-state index contributed by atoms with van der Waals surface area (Å²) < 4.78 is 22.3. The molecule has 0 aliphatic heterocycles. The second kappa shape index (κ2) is 8.10. The second-order valence-electron chi connectivity index (χ2n) is 7.41. The minimum absolute atomic E-state index is 0.107. The van der Waals surface area contributed by atoms with Crippen LogP contribution >= 0.6 is 0 Å². The highest BCUT2D eigenvalue weighted by Crippen LogP contribution is 2.23. The van der Waals surface area contributed by atoms with E-state index in [2.05, 4.69) is 28.9 Å². The van der Waals surface area contributed by atoms with Crippen molar-refractivity contribution in [2.24, 2.45) is 5.92 Å². The van der Waals surface area contributed by atoms with Gasteiger partial charge in [-0.25, -0.2) is 13.6 Å². The Morgan fingerprint density at radius 2 is 1.88 bits per heavy atom. The third-order valence-electron chi connectivity index (χ3n) is 3.84. The number of hydrogen-bond donors (Lipinski definition) is 1. The van der Waals surface area contributed by atoms with E-state index in [4.69, 9.17) is 4.74 Å². The number of nitrogens with one attached hydrogen (secondary N) is 1. The Morgan fingerprint density at radius 1 is 1.24 bits per heavy atom. The van der Waals surface area contributed by atoms with Gasteiger partial charge in [-0.3, -0.25) is 0 Å². The highest BCUT2D eigenvalue weighted by atomic mass is 32.2. The molecule has 1 heterocycles. The van der Waals surface area contributed by atoms with Gasteiger partial charge in [0, 0.05) is 0 Å². The van der Waals surface area contributed by atoms with Crippen molar-refractivity contribution in [3.05, 3.63) is 41.7 Å². The van der Waals surface area contributed by atoms with Crippen LogP contribution in [0.1, 0.15) is 51.9 Å². The third-order valence-corrected chi connectivity index (χ3v) is 5.42. The summed E-state index contributed by atoms with van der Waals surface area (Å²) in [5.74, 6) is 1.08. The molecule has 0 saturated heterocycles. The number of benzene rings is 1. The van der Waals surface area contributed by atoms with Crippen LogP contribution in [0.2, 0.25) is 0 Å². The van der Waals surface area contributed by atoms with E-state index in [-0.39, 0.29) is 16.7 Å². The van der Waals surface area contributed by atoms with E-state index in [9.17, 15) is 4.21 Å². The Bertz CT molecular complexity index is 705. The Kier molecular flexibility index (Phi) is 6.35. The standard InChI is InChI=1S/C18H28N4O2S/c1-13(2)17(20-25(23)18(3,4)5)16-12-22(21-19-16)11-14-7-9-15(24-6)10-8-14/h7-10,12-13,17,20H,11H2,1-6H3/t17-,25?/m0/s1. The van der Waals surface area contributed by atoms with Crippen molar-refractivity contribution in [1.29, 1.82) is 0 Å². The molecule has 25 heavy (non-hydrogen) atoms. The van der Waals surface area contributed by atoms with Gasteiger partial charge in [0.1, 0.15) is 11.4 Å². The van der Waals surface area contributed by atoms with Crippen molar-refractivity contribution in [1.82, 2.24) is 19.7 Å². The molecule has 0 amide bonds. The summed E-state index contributed by atoms with van der Waals surface area (Å²) in [5, 5.41) is 8.52. The van der Waals surface area contributed by atoms with Gasteiger partial charge >= 0.3 is 0 Å². The summed E-state index contributed by atoms with van der Waals surface area (Å²) in [6.45, 7) is 10.7. The minimum atomic E-state index is -1.16. The number of ether oxygens (including phenoxy) is 1. The first-order valence-electron chi connectivity index (χ1n) is 8.41. The topological polar surface area (TPSA) is 69.0 Å². The Labute approximate surface area is 152 Å². The van der Waals surface area contributed by atoms with Gasteiger partial charge in [-0.15, -0.1) is 5.10 Å². The molecule has 0 spiro atoms. The highest BCUT2D eigenvalue weighted by molar-refractivity contribution is 7.84. The molecule has 1 aromatic carbocycles. The van der Waals surface area contributed by atoms with Gasteiger partial charge in [0.15, 0.2) is 0 Å². The van der Waals surface area contributed by atoms with E-state index >= 15 is 0 Å². The average molecular weight is 365 g/mol. The zero-order valence-electron chi connectivity index (χ0n) is 15.8. The van der Waals surface area contributed by atoms with Crippen LogP contribution in [0.3, 0.4) is 0 Å². The van der Waals surface area contributed by atoms with Crippen molar-refractivity contribution in [3.63, 3.8) is 0 Å². The van der Waals surface area contributed by atoms with E-state index in [0.29, 0.717) is 6.54 Å². The Morgan fingerprint density at radius 3 is 2.40 bits per heavy atom. The van der Waals surface area contributed by atoms with Crippen LogP contribution in [0.15, 0.2) is 30.5 Å². The fourth-order valence-electron chi connectivity index (χ4n) is 2.28. The molecule has 138 valence electrons. The summed E-state index contributed by atoms with van der Waals surface area (Å²) in [5.41, 5.74) is 1.92. The SMILES string of the molecule is COc1ccc(Cn2cc([C@@H](NS(=O)C(C)(C)C)C(C)C)nn2)cc1. The maximum absolute atomic E-state index is 12.4. The Balaban J connectivity index is 2.12. The number of hydrogen-bond acceptors (Lipinski definition) is 4. The summed E-state index contributed by atoms with van der Waals surface area (Å²) >= 11 is 0. The lowest BCUT2D eigenvalue weighted by molar-refractivity contribution is 0.414. The molecule has 1 unspecified atom stereocenters. The fraction of sp³-hybridized carbons (Fsp3) is 0.556. The molecule has 6 nitrogen and oxygen atoms in total. The molecule has 1 aromatic heterocycles. The number of aromatic nitrogens is 3. The molecular formula is C18H28N4O2S. The zero-order chi connectivity index (χ0) is 18.6. The molecule has 0 aliphatic rings. The molecule has 1 N–H and O–H groups in total. The maximum atomic E-state index is 12.4. The first-order valence-corrected chi connectivity index (χ1v) is 9.56. The number of rotatable bonds is 7. The van der Waals surface area contributed by atoms with E-state index in [1.165, 1.54) is 0 Å². The molecule has 7 heteroatoms. The predicted octanol–water partition coefficient (Wildman–Crippen LogP) is 3.08. The van der Waals surface area contributed by atoms with Gasteiger partial charge in [0.05, 0.1) is 41.6 Å². The first-order chi connectivity index (χ1) is 11.7. The van der Waals surface area contributed by atoms with Crippen molar-refractivity contribution in [3.8, 4) is 5.75 Å². The molecular weight excluding hydrogens is 336 g/mol. The van der Waals surface area contributed by atoms with Crippen LogP contribution in [-0.2, 0) is 17.5 Å². The van der Waals surface area contributed by atoms with Crippen LogP contribution in [-0.4, -0.2) is 31.1 Å². The number of nitrogens with zero attached hydrogens (tertiary/aromatic N) is 3. The molecule has 2 aromatic rings. The normalized spacial score (nSPS) is 14.5. The molecule has 0 saturated carbocycles. The minimum Gasteiger partial charge on any atom is -0.497 e. The van der Waals surface area contributed by atoms with E-state index in [0.717, 1.165) is 17.0 Å². The molecule has 0 radical (unpaired) electrons. The lowest BCUT2D eigenvalue weighted by Crippen LogP contribution is -2.37. The number of methoxy groups -OCH3 is 1. The van der Waals surface area contributed by atoms with Gasteiger partial charge < -0.3 is 4.74 Å². The summed E-state index contributed by atoms with van der Waals surface area (Å²) in [6.07, 6.45) is 1.92. The molecule has 0 fully saturated rings. The summed E-state index contributed by atoms with van der Waals surface area (Å²) in [7, 11) is 0.490. The largest absolute Gasteiger partial charge is 0.497 e. The summed E-state index contributed by atoms with van der Waals surface area (Å²) in [6, 6.07) is 7.76. The average Bonchev–Trinajstić information content (AvgIpc) is 2.99. The van der Waals surface area contributed by atoms with Crippen molar-refractivity contribution < 1.29 is 8.95 Å². The van der Waals surface area contributed by atoms with Gasteiger partial charge in [-0.05, 0) is 44.4 Å². The van der Waals surface area contributed by atoms with Crippen molar-refractivity contribution in [2.45, 2.75) is 52.0 Å². The smallest absolute Gasteiger partial charge is 0.118 e. The molecule has 2 rings (SSSR count). The van der Waals surface area contributed by atoms with Crippen molar-refractivity contribution in [2.75, 3.05) is 7.11 Å². The zero-order valence-corrected chi connectivity index (χ0v) is 16.6. The highest BCUT2D eigenvalue weighted by Gasteiger charge is 2.27. The van der Waals surface area contributed by atoms with Crippen molar-refractivity contribution >= 4 is 11.0 Å². The Hall–Kier alpha value is -1.73.